The molecule has 1 unspecified atom stereocenters. The number of aryl methyl sites for hydroxylation is 1. The number of amides is 3. The van der Waals surface area contributed by atoms with Crippen LogP contribution in [0, 0.1) is 5.92 Å². The molecule has 7 aromatic rings. The molecule has 3 aromatic heterocycles. The van der Waals surface area contributed by atoms with Crippen LogP contribution in [0.4, 0.5) is 29.8 Å². The zero-order chi connectivity index (χ0) is 52.7. The minimum atomic E-state index is -4.86. The number of piperidine rings is 1. The molecule has 3 fully saturated rings. The summed E-state index contributed by atoms with van der Waals surface area (Å²) >= 11 is 1.37. The molecule has 11 rings (SSSR count). The third kappa shape index (κ3) is 10.5. The number of nitrogens with zero attached hydrogens (tertiary/aromatic N) is 7. The molecule has 4 aromatic carbocycles. The number of carbonyl (C=O) groups excluding carboxylic acids is 3. The van der Waals surface area contributed by atoms with E-state index in [2.05, 4.69) is 36.5 Å². The van der Waals surface area contributed by atoms with Crippen LogP contribution in [-0.4, -0.2) is 98.8 Å². The predicted molar refractivity (Wildman–Crippen MR) is 285 cm³/mol. The number of pyridine rings is 1. The minimum Gasteiger partial charge on any atom is -0.490 e. The summed E-state index contributed by atoms with van der Waals surface area (Å²) in [6.07, 6.45) is 2.09. The number of thiazole rings is 1. The number of aromatic carboxylic acids is 1. The molecule has 2 saturated heterocycles. The number of para-hydroxylation sites is 2. The molecule has 1 atom stereocenters. The van der Waals surface area contributed by atoms with Gasteiger partial charge in [0.15, 0.2) is 10.8 Å². The van der Waals surface area contributed by atoms with Crippen molar-refractivity contribution in [3.63, 3.8) is 0 Å². The first-order valence-corrected chi connectivity index (χ1v) is 27.0. The van der Waals surface area contributed by atoms with Gasteiger partial charge in [-0.1, -0.05) is 72.7 Å². The van der Waals surface area contributed by atoms with Gasteiger partial charge in [-0.2, -0.15) is 18.3 Å². The maximum Gasteiger partial charge on any atom is 0.420 e. The first-order valence-electron chi connectivity index (χ1n) is 26.2. The van der Waals surface area contributed by atoms with Gasteiger partial charge in [0.05, 0.1) is 39.1 Å². The van der Waals surface area contributed by atoms with Gasteiger partial charge in [-0.25, -0.2) is 14.8 Å². The van der Waals surface area contributed by atoms with E-state index in [0.717, 1.165) is 103 Å². The second-order valence-corrected chi connectivity index (χ2v) is 21.4. The van der Waals surface area contributed by atoms with Gasteiger partial charge >= 0.3 is 12.1 Å². The van der Waals surface area contributed by atoms with Gasteiger partial charge in [0, 0.05) is 74.8 Å². The number of unbranched alkanes of at least 4 members (excludes halogenated alkanes) is 1. The summed E-state index contributed by atoms with van der Waals surface area (Å²) in [6, 6.07) is 26.2. The highest BCUT2D eigenvalue weighted by Gasteiger charge is 2.40. The van der Waals surface area contributed by atoms with Crippen LogP contribution in [0.2, 0.25) is 0 Å². The fourth-order valence-corrected chi connectivity index (χ4v) is 12.6. The Bertz CT molecular complexity index is 3330. The Labute approximate surface area is 441 Å². The number of alkyl halides is 3. The number of piperazine rings is 1. The molecule has 76 heavy (non-hydrogen) atoms. The molecule has 0 spiro atoms. The van der Waals surface area contributed by atoms with Crippen molar-refractivity contribution < 1.29 is 42.2 Å². The van der Waals surface area contributed by atoms with Crippen molar-refractivity contribution in [3.05, 3.63) is 125 Å². The van der Waals surface area contributed by atoms with Crippen LogP contribution in [0.3, 0.4) is 0 Å². The Kier molecular flexibility index (Phi) is 14.2. The van der Waals surface area contributed by atoms with Crippen LogP contribution in [0.25, 0.3) is 32.2 Å². The Balaban J connectivity index is 0.686. The van der Waals surface area contributed by atoms with Gasteiger partial charge < -0.3 is 19.6 Å². The largest absolute Gasteiger partial charge is 0.490 e. The molecule has 6 heterocycles. The lowest BCUT2D eigenvalue weighted by atomic mass is 9.84. The summed E-state index contributed by atoms with van der Waals surface area (Å²) in [5, 5.41) is 22.0. The molecule has 394 valence electrons. The first-order chi connectivity index (χ1) is 36.7. The average molecular weight is 1050 g/mol. The number of carboxylic acid groups (broad SMARTS) is 1. The Morgan fingerprint density at radius 1 is 0.829 bits per heavy atom. The van der Waals surface area contributed by atoms with Crippen LogP contribution in [0.5, 0.6) is 5.75 Å². The first kappa shape index (κ1) is 50.8. The Morgan fingerprint density at radius 2 is 1.62 bits per heavy atom. The lowest BCUT2D eigenvalue weighted by Gasteiger charge is -2.36. The van der Waals surface area contributed by atoms with Crippen LogP contribution in [-0.2, 0) is 35.8 Å². The number of carbonyl (C=O) groups is 4. The molecule has 0 bridgehead atoms. The van der Waals surface area contributed by atoms with Crippen LogP contribution < -0.4 is 25.2 Å². The number of halogens is 3. The average Bonchev–Trinajstić information content (AvgIpc) is 4.04. The monoisotopic (exact) mass is 1050 g/mol. The van der Waals surface area contributed by atoms with Crippen molar-refractivity contribution >= 4 is 72.8 Å². The van der Waals surface area contributed by atoms with Gasteiger partial charge in [0.2, 0.25) is 11.8 Å². The van der Waals surface area contributed by atoms with Crippen molar-refractivity contribution in [1.29, 1.82) is 0 Å². The van der Waals surface area contributed by atoms with E-state index in [9.17, 15) is 24.3 Å². The number of carboxylic acids is 1. The number of hydrogen-bond donors (Lipinski definition) is 3. The number of rotatable bonds is 14. The van der Waals surface area contributed by atoms with Crippen LogP contribution >= 0.6 is 11.3 Å². The molecule has 3 N–H and O–H groups in total. The normalized spacial score (nSPS) is 19.4. The van der Waals surface area contributed by atoms with Gasteiger partial charge in [-0.15, -0.1) is 0 Å². The maximum absolute atomic E-state index is 15.2. The molecule has 19 heteroatoms. The summed E-state index contributed by atoms with van der Waals surface area (Å²) < 4.78 is 54.5. The van der Waals surface area contributed by atoms with E-state index >= 15 is 13.2 Å². The lowest BCUT2D eigenvalue weighted by molar-refractivity contribution is -0.139. The van der Waals surface area contributed by atoms with Crippen LogP contribution in [0.1, 0.15) is 107 Å². The Hall–Kier alpha value is -7.38. The third-order valence-electron chi connectivity index (χ3n) is 15.6. The van der Waals surface area contributed by atoms with E-state index in [0.29, 0.717) is 61.0 Å². The number of fused-ring (bicyclic) bond motifs is 3. The second kappa shape index (κ2) is 21.3. The quantitative estimate of drug-likeness (QED) is 0.0696. The van der Waals surface area contributed by atoms with Crippen molar-refractivity contribution in [2.24, 2.45) is 13.0 Å². The van der Waals surface area contributed by atoms with E-state index < -0.39 is 35.4 Å². The topological polar surface area (TPSA) is 175 Å². The van der Waals surface area contributed by atoms with Gasteiger partial charge in [0.25, 0.3) is 5.91 Å². The SMILES string of the molecule is Cn1nc(C2CCC(=O)NC2=O)c2cccc(N3CCN(CCCCC4CCC(Oc5cccc(-c6ccc(N7CCc8cccc(C(=O)Nc9nc%10ccccc%10s9)c8C7)nc6C(=O)O)c5C(F)(F)F)CC4)CC3)c21. The number of benzene rings is 4. The molecule has 1 saturated carbocycles. The number of hydrogen-bond acceptors (Lipinski definition) is 12. The van der Waals surface area contributed by atoms with Gasteiger partial charge in [0.1, 0.15) is 17.1 Å². The fraction of sp³-hybridized carbons (Fsp3) is 0.386. The fourth-order valence-electron chi connectivity index (χ4n) is 11.7. The number of aromatic nitrogens is 4. The summed E-state index contributed by atoms with van der Waals surface area (Å²) in [5.41, 5.74) is 3.69. The number of imide groups is 1. The molecule has 1 aliphatic carbocycles. The molecule has 15 nitrogen and oxygen atoms in total. The van der Waals surface area contributed by atoms with Gasteiger partial charge in [-0.3, -0.25) is 34.6 Å². The van der Waals surface area contributed by atoms with E-state index in [-0.39, 0.29) is 47.0 Å². The van der Waals surface area contributed by atoms with Gasteiger partial charge in [-0.05, 0) is 111 Å². The summed E-state index contributed by atoms with van der Waals surface area (Å²) in [6.45, 7) is 5.22. The number of nitrogens with one attached hydrogen (secondary N) is 2. The second-order valence-electron chi connectivity index (χ2n) is 20.4. The van der Waals surface area contributed by atoms with Crippen molar-refractivity contribution in [3.8, 4) is 16.9 Å². The molecular formula is C57H58F3N9O6S. The number of anilines is 3. The summed E-state index contributed by atoms with van der Waals surface area (Å²) in [4.78, 5) is 66.8. The van der Waals surface area contributed by atoms with Crippen molar-refractivity contribution in [2.45, 2.75) is 89.0 Å². The molecule has 0 radical (unpaired) electrons. The zero-order valence-electron chi connectivity index (χ0n) is 42.1. The Morgan fingerprint density at radius 3 is 2.39 bits per heavy atom. The maximum atomic E-state index is 15.2. The molecule has 4 aliphatic rings. The molecule has 3 amide bonds. The van der Waals surface area contributed by atoms with E-state index in [1.54, 1.807) is 12.1 Å². The lowest BCUT2D eigenvalue weighted by Crippen LogP contribution is -2.46. The molecular weight excluding hydrogens is 996 g/mol. The van der Waals surface area contributed by atoms with Crippen LogP contribution in [0.15, 0.2) is 91.0 Å². The highest BCUT2D eigenvalue weighted by atomic mass is 32.1. The summed E-state index contributed by atoms with van der Waals surface area (Å²) in [5.74, 6) is -2.39. The minimum absolute atomic E-state index is 0.169. The zero-order valence-corrected chi connectivity index (χ0v) is 42.9. The third-order valence-corrected chi connectivity index (χ3v) is 16.6. The van der Waals surface area contributed by atoms with E-state index in [1.165, 1.54) is 35.6 Å². The highest BCUT2D eigenvalue weighted by molar-refractivity contribution is 7.22. The van der Waals surface area contributed by atoms with Crippen molar-refractivity contribution in [1.82, 2.24) is 30.0 Å². The standard InChI is InChI=1S/C57H58F3N9O6S/c1-66-52-40(50(65-66)41-23-25-48(70)63-54(41)72)13-7-15-44(52)68-31-29-67(30-32-68)27-5-4-9-34-18-20-36(21-19-34)75-45-16-8-11-37(49(45)57(58,59)60)38-22-24-47(62-51(38)55(73)74)69-28-26-35-10-6-12-39(42(35)33-69)53(71)64-56-61-43-14-2-3-17-46(43)76-56/h2-3,6-8,10-17,22,24,34,36,41H,4-5,9,18-21,23,25-33H2,1H3,(H,73,74)(H,61,64,71)(H,63,70,72). The summed E-state index contributed by atoms with van der Waals surface area (Å²) in [7, 11) is 1.90. The van der Waals surface area contributed by atoms with E-state index in [4.69, 9.17) is 9.84 Å². The molecule has 3 aliphatic heterocycles. The highest BCUT2D eigenvalue weighted by Crippen LogP contribution is 2.45. The van der Waals surface area contributed by atoms with Crippen molar-refractivity contribution in [2.75, 3.05) is 54.4 Å². The van der Waals surface area contributed by atoms with E-state index in [1.807, 2.05) is 65.2 Å². The number of ether oxygens (including phenoxy) is 1. The smallest absolute Gasteiger partial charge is 0.420 e. The predicted octanol–water partition coefficient (Wildman–Crippen LogP) is 10.2.